The van der Waals surface area contributed by atoms with Crippen molar-refractivity contribution in [3.05, 3.63) is 99.4 Å². The summed E-state index contributed by atoms with van der Waals surface area (Å²) in [5, 5.41) is 3.62. The number of rotatable bonds is 5. The van der Waals surface area contributed by atoms with E-state index in [4.69, 9.17) is 4.74 Å². The quantitative estimate of drug-likeness (QED) is 0.457. The Labute approximate surface area is 166 Å². The van der Waals surface area contributed by atoms with Crippen molar-refractivity contribution in [1.29, 1.82) is 0 Å². The standard InChI is InChI=1S/C23H17N3O3/c1-29-20-13-7-8-16(22(20)25-28)14-15-21-24-19-12-6-5-11-18(19)23(27)26(21)17-9-3-2-4-10-17/h2-15H,1H3/b15-14+. The van der Waals surface area contributed by atoms with Crippen LogP contribution in [-0.2, 0) is 0 Å². The number of methoxy groups -OCH3 is 1. The van der Waals surface area contributed by atoms with Crippen LogP contribution in [0.4, 0.5) is 5.69 Å². The van der Waals surface area contributed by atoms with Gasteiger partial charge in [-0.25, -0.2) is 4.98 Å². The van der Waals surface area contributed by atoms with Gasteiger partial charge in [0, 0.05) is 5.56 Å². The monoisotopic (exact) mass is 383 g/mol. The third kappa shape index (κ3) is 3.43. The lowest BCUT2D eigenvalue weighted by Crippen LogP contribution is -2.22. The number of para-hydroxylation sites is 2. The predicted octanol–water partition coefficient (Wildman–Crippen LogP) is 4.96. The predicted molar refractivity (Wildman–Crippen MR) is 115 cm³/mol. The SMILES string of the molecule is COc1cccc(/C=C/c2nc3ccccc3c(=O)n2-c2ccccc2)c1N=O. The van der Waals surface area contributed by atoms with Crippen LogP contribution in [0.15, 0.2) is 82.8 Å². The van der Waals surface area contributed by atoms with Gasteiger partial charge in [0.2, 0.25) is 0 Å². The molecule has 6 heteroatoms. The maximum absolute atomic E-state index is 13.2. The third-order valence-electron chi connectivity index (χ3n) is 4.57. The molecule has 1 aromatic heterocycles. The summed E-state index contributed by atoms with van der Waals surface area (Å²) in [4.78, 5) is 29.1. The number of ether oxygens (including phenoxy) is 1. The van der Waals surface area contributed by atoms with E-state index in [0.29, 0.717) is 33.7 Å². The lowest BCUT2D eigenvalue weighted by Gasteiger charge is -2.11. The summed E-state index contributed by atoms with van der Waals surface area (Å²) in [6, 6.07) is 21.7. The van der Waals surface area contributed by atoms with Gasteiger partial charge in [-0.2, -0.15) is 0 Å². The van der Waals surface area contributed by atoms with Gasteiger partial charge in [-0.05, 0) is 47.7 Å². The van der Waals surface area contributed by atoms with Gasteiger partial charge in [-0.3, -0.25) is 9.36 Å². The maximum atomic E-state index is 13.2. The highest BCUT2D eigenvalue weighted by molar-refractivity contribution is 5.81. The lowest BCUT2D eigenvalue weighted by atomic mass is 10.1. The fraction of sp³-hybridized carbons (Fsp3) is 0.0435. The second-order valence-corrected chi connectivity index (χ2v) is 6.29. The highest BCUT2D eigenvalue weighted by Gasteiger charge is 2.12. The van der Waals surface area contributed by atoms with E-state index in [9.17, 15) is 9.70 Å². The van der Waals surface area contributed by atoms with Crippen LogP contribution in [0, 0.1) is 4.91 Å². The normalized spacial score (nSPS) is 11.1. The number of hydrogen-bond acceptors (Lipinski definition) is 5. The molecule has 0 amide bonds. The van der Waals surface area contributed by atoms with Gasteiger partial charge in [-0.15, -0.1) is 4.91 Å². The van der Waals surface area contributed by atoms with Gasteiger partial charge in [-0.1, -0.05) is 42.5 Å². The summed E-state index contributed by atoms with van der Waals surface area (Å²) in [5.41, 5.74) is 1.90. The number of benzene rings is 3. The van der Waals surface area contributed by atoms with E-state index >= 15 is 0 Å². The van der Waals surface area contributed by atoms with E-state index in [1.807, 2.05) is 42.5 Å². The largest absolute Gasteiger partial charge is 0.494 e. The Balaban J connectivity index is 1.93. The molecule has 0 aliphatic rings. The van der Waals surface area contributed by atoms with Gasteiger partial charge >= 0.3 is 0 Å². The van der Waals surface area contributed by atoms with Gasteiger partial charge in [0.05, 0.1) is 23.7 Å². The maximum Gasteiger partial charge on any atom is 0.266 e. The highest BCUT2D eigenvalue weighted by atomic mass is 16.5. The second-order valence-electron chi connectivity index (χ2n) is 6.29. The molecule has 6 nitrogen and oxygen atoms in total. The van der Waals surface area contributed by atoms with Crippen LogP contribution in [0.25, 0.3) is 28.7 Å². The third-order valence-corrected chi connectivity index (χ3v) is 4.57. The molecule has 0 saturated carbocycles. The molecule has 29 heavy (non-hydrogen) atoms. The van der Waals surface area contributed by atoms with Crippen LogP contribution in [0.1, 0.15) is 11.4 Å². The molecule has 0 atom stereocenters. The van der Waals surface area contributed by atoms with Gasteiger partial charge in [0.1, 0.15) is 11.6 Å². The molecule has 0 aliphatic carbocycles. The van der Waals surface area contributed by atoms with E-state index in [-0.39, 0.29) is 11.2 Å². The Morgan fingerprint density at radius 2 is 1.69 bits per heavy atom. The van der Waals surface area contributed by atoms with Crippen LogP contribution in [0.5, 0.6) is 5.75 Å². The van der Waals surface area contributed by atoms with Gasteiger partial charge in [0.15, 0.2) is 5.69 Å². The number of hydrogen-bond donors (Lipinski definition) is 0. The van der Waals surface area contributed by atoms with Crippen LogP contribution < -0.4 is 10.3 Å². The molecule has 3 aromatic carbocycles. The average Bonchev–Trinajstić information content (AvgIpc) is 2.78. The molecular weight excluding hydrogens is 366 g/mol. The Bertz CT molecular complexity index is 1280. The summed E-state index contributed by atoms with van der Waals surface area (Å²) in [7, 11) is 1.48. The number of aromatic nitrogens is 2. The highest BCUT2D eigenvalue weighted by Crippen LogP contribution is 2.32. The first-order valence-electron chi connectivity index (χ1n) is 8.98. The summed E-state index contributed by atoms with van der Waals surface area (Å²) in [6.07, 6.45) is 3.40. The molecule has 0 spiro atoms. The molecule has 0 N–H and O–H groups in total. The van der Waals surface area contributed by atoms with E-state index in [2.05, 4.69) is 10.2 Å². The molecule has 0 unspecified atom stereocenters. The summed E-state index contributed by atoms with van der Waals surface area (Å²) in [6.45, 7) is 0. The number of nitrogens with zero attached hydrogens (tertiary/aromatic N) is 3. The summed E-state index contributed by atoms with van der Waals surface area (Å²) < 4.78 is 6.75. The molecule has 0 saturated heterocycles. The van der Waals surface area contributed by atoms with Gasteiger partial charge in [0.25, 0.3) is 5.56 Å². The molecule has 142 valence electrons. The zero-order valence-corrected chi connectivity index (χ0v) is 15.6. The van der Waals surface area contributed by atoms with Gasteiger partial charge < -0.3 is 4.74 Å². The molecule has 0 radical (unpaired) electrons. The Hall–Kier alpha value is -4.06. The average molecular weight is 383 g/mol. The fourth-order valence-corrected chi connectivity index (χ4v) is 3.19. The first-order chi connectivity index (χ1) is 14.2. The van der Waals surface area contributed by atoms with Crippen LogP contribution in [0.3, 0.4) is 0 Å². The van der Waals surface area contributed by atoms with Crippen molar-refractivity contribution in [2.24, 2.45) is 5.18 Å². The van der Waals surface area contributed by atoms with Crippen molar-refractivity contribution in [3.8, 4) is 11.4 Å². The Kier molecular flexibility index (Phi) is 4.99. The van der Waals surface area contributed by atoms with E-state index < -0.39 is 0 Å². The first-order valence-corrected chi connectivity index (χ1v) is 8.98. The number of fused-ring (bicyclic) bond motifs is 1. The van der Waals surface area contributed by atoms with E-state index in [1.54, 1.807) is 47.1 Å². The topological polar surface area (TPSA) is 73.5 Å². The fourth-order valence-electron chi connectivity index (χ4n) is 3.19. The zero-order valence-electron chi connectivity index (χ0n) is 15.6. The summed E-state index contributed by atoms with van der Waals surface area (Å²) >= 11 is 0. The number of nitroso groups, excluding NO2 is 1. The zero-order chi connectivity index (χ0) is 20.2. The van der Waals surface area contributed by atoms with E-state index in [0.717, 1.165) is 0 Å². The van der Waals surface area contributed by atoms with Crippen molar-refractivity contribution in [1.82, 2.24) is 9.55 Å². The molecule has 4 rings (SSSR count). The van der Waals surface area contributed by atoms with E-state index in [1.165, 1.54) is 7.11 Å². The second kappa shape index (κ2) is 7.90. The van der Waals surface area contributed by atoms with Crippen LogP contribution >= 0.6 is 0 Å². The van der Waals surface area contributed by atoms with Crippen molar-refractivity contribution in [2.75, 3.05) is 7.11 Å². The summed E-state index contributed by atoms with van der Waals surface area (Å²) in [5.74, 6) is 0.827. The molecule has 0 fully saturated rings. The Morgan fingerprint density at radius 1 is 0.931 bits per heavy atom. The van der Waals surface area contributed by atoms with Crippen molar-refractivity contribution in [2.45, 2.75) is 0 Å². The molecule has 0 bridgehead atoms. The minimum absolute atomic E-state index is 0.166. The van der Waals surface area contributed by atoms with Crippen molar-refractivity contribution in [3.63, 3.8) is 0 Å². The lowest BCUT2D eigenvalue weighted by molar-refractivity contribution is 0.416. The minimum Gasteiger partial charge on any atom is -0.494 e. The molecular formula is C23H17N3O3. The smallest absolute Gasteiger partial charge is 0.266 e. The van der Waals surface area contributed by atoms with Crippen LogP contribution in [0.2, 0.25) is 0 Å². The Morgan fingerprint density at radius 3 is 2.45 bits per heavy atom. The van der Waals surface area contributed by atoms with Crippen molar-refractivity contribution >= 4 is 28.7 Å². The molecule has 0 aliphatic heterocycles. The molecule has 4 aromatic rings. The van der Waals surface area contributed by atoms with Crippen LogP contribution in [-0.4, -0.2) is 16.7 Å². The first kappa shape index (κ1) is 18.3. The van der Waals surface area contributed by atoms with Crippen molar-refractivity contribution < 1.29 is 4.74 Å². The molecule has 1 heterocycles. The minimum atomic E-state index is -0.166.